The van der Waals surface area contributed by atoms with Gasteiger partial charge in [0, 0.05) is 10.7 Å². The number of hydrogen-bond donors (Lipinski definition) is 1. The van der Waals surface area contributed by atoms with Crippen LogP contribution in [0.1, 0.15) is 5.69 Å². The number of pyridine rings is 1. The smallest absolute Gasteiger partial charge is 0.0853 e. The Kier molecular flexibility index (Phi) is 2.19. The predicted octanol–water partition coefficient (Wildman–Crippen LogP) is 1.34. The molecule has 0 radical (unpaired) electrons. The van der Waals surface area contributed by atoms with E-state index in [4.69, 9.17) is 5.11 Å². The van der Waals surface area contributed by atoms with E-state index in [2.05, 4.69) is 20.9 Å². The average molecular weight is 188 g/mol. The van der Waals surface area contributed by atoms with Crippen molar-refractivity contribution in [3.63, 3.8) is 0 Å². The van der Waals surface area contributed by atoms with E-state index >= 15 is 0 Å². The van der Waals surface area contributed by atoms with E-state index in [1.807, 2.05) is 6.07 Å². The second-order valence-corrected chi connectivity index (χ2v) is 2.54. The molecule has 1 aromatic heterocycles. The molecule has 0 aromatic carbocycles. The molecular formula is C6H6BrNO. The SMILES string of the molecule is OCc1cc(Br)ccn1. The van der Waals surface area contributed by atoms with Gasteiger partial charge in [0.15, 0.2) is 0 Å². The summed E-state index contributed by atoms with van der Waals surface area (Å²) in [5.74, 6) is 0. The average Bonchev–Trinajstić information content (AvgIpc) is 1.88. The van der Waals surface area contributed by atoms with Crippen LogP contribution in [-0.2, 0) is 6.61 Å². The van der Waals surface area contributed by atoms with Crippen molar-refractivity contribution in [3.05, 3.63) is 28.5 Å². The first-order valence-corrected chi connectivity index (χ1v) is 3.33. The van der Waals surface area contributed by atoms with Crippen LogP contribution in [0.15, 0.2) is 22.8 Å². The number of aliphatic hydroxyl groups is 1. The summed E-state index contributed by atoms with van der Waals surface area (Å²) in [6, 6.07) is 3.60. The van der Waals surface area contributed by atoms with Crippen molar-refractivity contribution in [1.82, 2.24) is 4.98 Å². The van der Waals surface area contributed by atoms with E-state index in [0.717, 1.165) is 4.47 Å². The molecule has 9 heavy (non-hydrogen) atoms. The number of rotatable bonds is 1. The maximum absolute atomic E-state index is 8.58. The third-order valence-corrected chi connectivity index (χ3v) is 1.43. The van der Waals surface area contributed by atoms with Crippen LogP contribution in [0.25, 0.3) is 0 Å². The van der Waals surface area contributed by atoms with Gasteiger partial charge in [-0.15, -0.1) is 0 Å². The molecule has 48 valence electrons. The van der Waals surface area contributed by atoms with E-state index in [9.17, 15) is 0 Å². The van der Waals surface area contributed by atoms with Gasteiger partial charge in [-0.2, -0.15) is 0 Å². The summed E-state index contributed by atoms with van der Waals surface area (Å²) in [4.78, 5) is 3.88. The second-order valence-electron chi connectivity index (χ2n) is 1.62. The van der Waals surface area contributed by atoms with E-state index in [0.29, 0.717) is 5.69 Å². The maximum atomic E-state index is 8.58. The minimum Gasteiger partial charge on any atom is -0.390 e. The highest BCUT2D eigenvalue weighted by Gasteiger charge is 1.89. The molecule has 0 spiro atoms. The molecule has 0 unspecified atom stereocenters. The molecule has 0 fully saturated rings. The quantitative estimate of drug-likeness (QED) is 0.721. The summed E-state index contributed by atoms with van der Waals surface area (Å²) < 4.78 is 0.946. The summed E-state index contributed by atoms with van der Waals surface area (Å²) in [6.07, 6.45) is 1.65. The summed E-state index contributed by atoms with van der Waals surface area (Å²) in [5, 5.41) is 8.58. The topological polar surface area (TPSA) is 33.1 Å². The molecule has 3 heteroatoms. The third-order valence-electron chi connectivity index (χ3n) is 0.941. The highest BCUT2D eigenvalue weighted by atomic mass is 79.9. The Morgan fingerprint density at radius 2 is 2.44 bits per heavy atom. The molecule has 0 saturated heterocycles. The summed E-state index contributed by atoms with van der Waals surface area (Å²) in [5.41, 5.74) is 0.685. The first kappa shape index (κ1) is 6.71. The van der Waals surface area contributed by atoms with Crippen LogP contribution in [0.4, 0.5) is 0 Å². The molecule has 0 aliphatic heterocycles. The number of hydrogen-bond acceptors (Lipinski definition) is 2. The molecule has 0 aliphatic carbocycles. The van der Waals surface area contributed by atoms with Gasteiger partial charge in [-0.3, -0.25) is 4.98 Å². The fourth-order valence-corrected chi connectivity index (χ4v) is 0.918. The minimum absolute atomic E-state index is 0.000556. The lowest BCUT2D eigenvalue weighted by molar-refractivity contribution is 0.277. The van der Waals surface area contributed by atoms with Crippen LogP contribution in [-0.4, -0.2) is 10.1 Å². The summed E-state index contributed by atoms with van der Waals surface area (Å²) in [6.45, 7) is -0.000556. The van der Waals surface area contributed by atoms with Gasteiger partial charge in [-0.1, -0.05) is 15.9 Å². The zero-order valence-electron chi connectivity index (χ0n) is 4.71. The van der Waals surface area contributed by atoms with Crippen LogP contribution in [0.3, 0.4) is 0 Å². The third kappa shape index (κ3) is 1.77. The van der Waals surface area contributed by atoms with Crippen LogP contribution < -0.4 is 0 Å². The highest BCUT2D eigenvalue weighted by Crippen LogP contribution is 2.08. The second kappa shape index (κ2) is 2.94. The molecule has 1 rings (SSSR count). The van der Waals surface area contributed by atoms with E-state index in [1.54, 1.807) is 12.3 Å². The van der Waals surface area contributed by atoms with Crippen molar-refractivity contribution >= 4 is 15.9 Å². The molecule has 1 aromatic rings. The lowest BCUT2D eigenvalue weighted by Gasteiger charge is -1.92. The van der Waals surface area contributed by atoms with Gasteiger partial charge in [-0.05, 0) is 12.1 Å². The van der Waals surface area contributed by atoms with Crippen LogP contribution in [0.2, 0.25) is 0 Å². The van der Waals surface area contributed by atoms with Gasteiger partial charge >= 0.3 is 0 Å². The van der Waals surface area contributed by atoms with E-state index in [1.165, 1.54) is 0 Å². The van der Waals surface area contributed by atoms with Crippen LogP contribution >= 0.6 is 15.9 Å². The van der Waals surface area contributed by atoms with Crippen molar-refractivity contribution in [2.24, 2.45) is 0 Å². The Morgan fingerprint density at radius 1 is 1.67 bits per heavy atom. The largest absolute Gasteiger partial charge is 0.390 e. The fourth-order valence-electron chi connectivity index (χ4n) is 0.535. The summed E-state index contributed by atoms with van der Waals surface area (Å²) in [7, 11) is 0. The Balaban J connectivity index is 2.94. The van der Waals surface area contributed by atoms with Gasteiger partial charge in [0.2, 0.25) is 0 Å². The molecule has 1 N–H and O–H groups in total. The molecule has 0 atom stereocenters. The first-order valence-electron chi connectivity index (χ1n) is 2.54. The van der Waals surface area contributed by atoms with Crippen LogP contribution in [0, 0.1) is 0 Å². The van der Waals surface area contributed by atoms with Crippen molar-refractivity contribution in [2.75, 3.05) is 0 Å². The van der Waals surface area contributed by atoms with Gasteiger partial charge in [0.25, 0.3) is 0 Å². The van der Waals surface area contributed by atoms with Crippen molar-refractivity contribution in [3.8, 4) is 0 Å². The summed E-state index contributed by atoms with van der Waals surface area (Å²) >= 11 is 3.25. The molecule has 1 heterocycles. The normalized spacial score (nSPS) is 9.56. The van der Waals surface area contributed by atoms with Gasteiger partial charge in [0.05, 0.1) is 12.3 Å². The Bertz CT molecular complexity index is 202. The zero-order chi connectivity index (χ0) is 6.69. The monoisotopic (exact) mass is 187 g/mol. The highest BCUT2D eigenvalue weighted by molar-refractivity contribution is 9.10. The molecule has 0 saturated carbocycles. The van der Waals surface area contributed by atoms with E-state index < -0.39 is 0 Å². The minimum atomic E-state index is -0.000556. The van der Waals surface area contributed by atoms with Gasteiger partial charge in [0.1, 0.15) is 0 Å². The Labute approximate surface area is 61.7 Å². The van der Waals surface area contributed by atoms with Gasteiger partial charge < -0.3 is 5.11 Å². The standard InChI is InChI=1S/C6H6BrNO/c7-5-1-2-8-6(3-5)4-9/h1-3,9H,4H2. The van der Waals surface area contributed by atoms with Crippen LogP contribution in [0.5, 0.6) is 0 Å². The van der Waals surface area contributed by atoms with Crippen molar-refractivity contribution in [1.29, 1.82) is 0 Å². The van der Waals surface area contributed by atoms with Gasteiger partial charge in [-0.25, -0.2) is 0 Å². The Morgan fingerprint density at radius 3 is 2.89 bits per heavy atom. The maximum Gasteiger partial charge on any atom is 0.0853 e. The van der Waals surface area contributed by atoms with E-state index in [-0.39, 0.29) is 6.61 Å². The lowest BCUT2D eigenvalue weighted by atomic mass is 10.4. The molecule has 0 bridgehead atoms. The zero-order valence-corrected chi connectivity index (χ0v) is 6.30. The molecule has 0 amide bonds. The molecule has 0 aliphatic rings. The number of halogens is 1. The molecular weight excluding hydrogens is 182 g/mol. The number of aromatic nitrogens is 1. The lowest BCUT2D eigenvalue weighted by Crippen LogP contribution is -1.85. The number of nitrogens with zero attached hydrogens (tertiary/aromatic N) is 1. The first-order chi connectivity index (χ1) is 4.33. The number of aliphatic hydroxyl groups excluding tert-OH is 1. The van der Waals surface area contributed by atoms with Crippen molar-refractivity contribution < 1.29 is 5.11 Å². The van der Waals surface area contributed by atoms with Crippen molar-refractivity contribution in [2.45, 2.75) is 6.61 Å². The Hall–Kier alpha value is -0.410. The predicted molar refractivity (Wildman–Crippen MR) is 37.9 cm³/mol. The fraction of sp³-hybridized carbons (Fsp3) is 0.167. The molecule has 2 nitrogen and oxygen atoms in total.